The number of carbonyl (C=O) groups excluding carboxylic acids is 1. The molecule has 30 heavy (non-hydrogen) atoms. The maximum absolute atomic E-state index is 10.3. The Morgan fingerprint density at radius 2 is 2.03 bits per heavy atom. The summed E-state index contributed by atoms with van der Waals surface area (Å²) >= 11 is 1.53. The number of benzene rings is 1. The van der Waals surface area contributed by atoms with Crippen molar-refractivity contribution in [2.24, 2.45) is 0 Å². The summed E-state index contributed by atoms with van der Waals surface area (Å²) in [6.07, 6.45) is 2.85. The summed E-state index contributed by atoms with van der Waals surface area (Å²) < 4.78 is 17.4. The fourth-order valence-electron chi connectivity index (χ4n) is 2.66. The molecule has 0 atom stereocenters. The number of nitrogens with zero attached hydrogens (tertiary/aromatic N) is 4. The van der Waals surface area contributed by atoms with Gasteiger partial charge in [0.1, 0.15) is 6.33 Å². The molecule has 0 unspecified atom stereocenters. The van der Waals surface area contributed by atoms with Gasteiger partial charge < -0.3 is 24.5 Å². The van der Waals surface area contributed by atoms with Crippen molar-refractivity contribution in [2.75, 3.05) is 19.1 Å². The van der Waals surface area contributed by atoms with E-state index in [0.29, 0.717) is 24.4 Å². The third-order valence-electron chi connectivity index (χ3n) is 4.15. The van der Waals surface area contributed by atoms with Crippen molar-refractivity contribution in [3.05, 3.63) is 24.5 Å². The molecule has 0 bridgehead atoms. The molecule has 10 heteroatoms. The van der Waals surface area contributed by atoms with Gasteiger partial charge in [0.25, 0.3) is 0 Å². The molecule has 160 valence electrons. The molecule has 2 aromatic heterocycles. The molecule has 1 aromatic carbocycles. The summed E-state index contributed by atoms with van der Waals surface area (Å²) in [5.74, 6) is 1.81. The van der Waals surface area contributed by atoms with Gasteiger partial charge in [0.2, 0.25) is 6.79 Å². The lowest BCUT2D eigenvalue weighted by molar-refractivity contribution is -0.143. The minimum absolute atomic E-state index is 0.105. The minimum atomic E-state index is -0.105. The molecule has 3 aromatic rings. The molecule has 0 spiro atoms. The number of aromatic nitrogens is 4. The van der Waals surface area contributed by atoms with Gasteiger partial charge in [-0.3, -0.25) is 4.79 Å². The zero-order chi connectivity index (χ0) is 21.5. The Morgan fingerprint density at radius 3 is 2.77 bits per heavy atom. The van der Waals surface area contributed by atoms with E-state index in [1.807, 2.05) is 36.6 Å². The predicted molar refractivity (Wildman–Crippen MR) is 114 cm³/mol. The third-order valence-corrected chi connectivity index (χ3v) is 5.13. The van der Waals surface area contributed by atoms with Crippen LogP contribution in [0.25, 0.3) is 11.2 Å². The molecule has 9 nitrogen and oxygen atoms in total. The number of hydrogen-bond donors (Lipinski definition) is 1. The normalized spacial score (nSPS) is 11.8. The zero-order valence-electron chi connectivity index (χ0n) is 17.3. The van der Waals surface area contributed by atoms with E-state index in [-0.39, 0.29) is 12.8 Å². The quantitative estimate of drug-likeness (QED) is 0.584. The Morgan fingerprint density at radius 1 is 1.23 bits per heavy atom. The first kappa shape index (κ1) is 21.7. The summed E-state index contributed by atoms with van der Waals surface area (Å²) in [5.41, 5.74) is 7.27. The summed E-state index contributed by atoms with van der Waals surface area (Å²) in [5, 5.41) is 0.823. The Hall–Kier alpha value is -3.01. The fraction of sp³-hybridized carbons (Fsp3) is 0.400. The number of anilines is 1. The largest absolute Gasteiger partial charge is 0.466 e. The van der Waals surface area contributed by atoms with Crippen LogP contribution < -0.4 is 15.2 Å². The molecule has 0 fully saturated rings. The molecule has 0 saturated carbocycles. The molecule has 2 N–H and O–H groups in total. The van der Waals surface area contributed by atoms with Crippen LogP contribution in [0.5, 0.6) is 11.5 Å². The number of hydrogen-bond acceptors (Lipinski definition) is 9. The van der Waals surface area contributed by atoms with E-state index in [9.17, 15) is 4.79 Å². The lowest BCUT2D eigenvalue weighted by Gasteiger charge is -2.05. The van der Waals surface area contributed by atoms with E-state index in [4.69, 9.17) is 19.9 Å². The highest BCUT2D eigenvalue weighted by atomic mass is 32.2. The highest BCUT2D eigenvalue weighted by Crippen LogP contribution is 2.38. The van der Waals surface area contributed by atoms with Crippen LogP contribution in [-0.4, -0.2) is 38.9 Å². The van der Waals surface area contributed by atoms with Crippen LogP contribution in [0.15, 0.2) is 34.6 Å². The molecule has 0 amide bonds. The van der Waals surface area contributed by atoms with E-state index < -0.39 is 0 Å². The van der Waals surface area contributed by atoms with Crippen molar-refractivity contribution in [3.8, 4) is 11.5 Å². The van der Waals surface area contributed by atoms with E-state index in [1.54, 1.807) is 6.92 Å². The average Bonchev–Trinajstić information content (AvgIpc) is 3.36. The topological polar surface area (TPSA) is 114 Å². The van der Waals surface area contributed by atoms with Crippen molar-refractivity contribution in [1.82, 2.24) is 19.5 Å². The highest BCUT2D eigenvalue weighted by molar-refractivity contribution is 7.99. The molecule has 1 aliphatic rings. The molecular formula is C20H25N5O4S. The fourth-order valence-corrected chi connectivity index (χ4v) is 3.64. The molecular weight excluding hydrogens is 406 g/mol. The Bertz CT molecular complexity index is 1020. The van der Waals surface area contributed by atoms with Crippen LogP contribution in [0.2, 0.25) is 0 Å². The molecule has 1 aliphatic heterocycles. The zero-order valence-corrected chi connectivity index (χ0v) is 18.1. The average molecular weight is 432 g/mol. The highest BCUT2D eigenvalue weighted by Gasteiger charge is 2.17. The molecule has 3 heterocycles. The van der Waals surface area contributed by atoms with Crippen LogP contribution in [0, 0.1) is 0 Å². The van der Waals surface area contributed by atoms with Gasteiger partial charge in [0, 0.05) is 17.9 Å². The van der Waals surface area contributed by atoms with Crippen molar-refractivity contribution in [1.29, 1.82) is 0 Å². The van der Waals surface area contributed by atoms with Crippen LogP contribution >= 0.6 is 11.8 Å². The van der Waals surface area contributed by atoms with Gasteiger partial charge in [-0.15, -0.1) is 0 Å². The first-order chi connectivity index (χ1) is 14.6. The second-order valence-corrected chi connectivity index (χ2v) is 7.30. The van der Waals surface area contributed by atoms with E-state index >= 15 is 0 Å². The summed E-state index contributed by atoms with van der Waals surface area (Å²) in [7, 11) is 0. The van der Waals surface area contributed by atoms with Gasteiger partial charge in [-0.2, -0.15) is 0 Å². The van der Waals surface area contributed by atoms with Gasteiger partial charge in [-0.25, -0.2) is 15.0 Å². The van der Waals surface area contributed by atoms with E-state index in [1.165, 1.54) is 18.1 Å². The Balaban J connectivity index is 0.000000275. The van der Waals surface area contributed by atoms with E-state index in [0.717, 1.165) is 40.2 Å². The van der Waals surface area contributed by atoms with Crippen molar-refractivity contribution >= 4 is 34.7 Å². The van der Waals surface area contributed by atoms with Gasteiger partial charge >= 0.3 is 5.97 Å². The summed E-state index contributed by atoms with van der Waals surface area (Å²) in [4.78, 5) is 24.2. The number of imidazole rings is 1. The van der Waals surface area contributed by atoms with Crippen molar-refractivity contribution in [3.63, 3.8) is 0 Å². The number of nitrogen functional groups attached to an aromatic ring is 1. The predicted octanol–water partition coefficient (Wildman–Crippen LogP) is 3.66. The maximum Gasteiger partial charge on any atom is 0.305 e. The lowest BCUT2D eigenvalue weighted by atomic mass is 10.3. The van der Waals surface area contributed by atoms with Gasteiger partial charge in [0.05, 0.1) is 6.61 Å². The standard InChI is InChI=1S/C14H13N5O2S.C6H12O2/c1-2-19-13-11(12(15)16-6-17-13)18-14(19)22-8-3-4-9-10(5-8)21-7-20-9;1-3-5-8-6(7)4-2/h3-6H,2,7H2,1H3,(H2,15,16,17);3-5H2,1-2H3. The second-order valence-electron chi connectivity index (χ2n) is 6.26. The molecule has 0 aliphatic carbocycles. The van der Waals surface area contributed by atoms with Crippen molar-refractivity contribution in [2.45, 2.75) is 50.2 Å². The summed E-state index contributed by atoms with van der Waals surface area (Å²) in [6.45, 7) is 7.39. The van der Waals surface area contributed by atoms with Gasteiger partial charge in [-0.05, 0) is 31.5 Å². The number of aryl methyl sites for hydroxylation is 1. The first-order valence-corrected chi connectivity index (χ1v) is 10.6. The van der Waals surface area contributed by atoms with Gasteiger partial charge in [0.15, 0.2) is 33.6 Å². The third kappa shape index (κ3) is 4.93. The SMILES string of the molecule is CCCOC(=O)CC.CCn1c(Sc2ccc3c(c2)OCO3)nc2c(N)ncnc21. The van der Waals surface area contributed by atoms with E-state index in [2.05, 4.69) is 15.0 Å². The number of esters is 1. The Kier molecular flexibility index (Phi) is 7.34. The number of nitrogens with two attached hydrogens (primary N) is 1. The minimum Gasteiger partial charge on any atom is -0.466 e. The molecule has 0 saturated heterocycles. The van der Waals surface area contributed by atoms with Crippen LogP contribution in [0.1, 0.15) is 33.6 Å². The number of ether oxygens (including phenoxy) is 3. The maximum atomic E-state index is 10.3. The summed E-state index contributed by atoms with van der Waals surface area (Å²) in [6, 6.07) is 5.83. The van der Waals surface area contributed by atoms with Crippen LogP contribution in [-0.2, 0) is 16.1 Å². The number of carbonyl (C=O) groups is 1. The van der Waals surface area contributed by atoms with Crippen molar-refractivity contribution < 1.29 is 19.0 Å². The van der Waals surface area contributed by atoms with Crippen LogP contribution in [0.4, 0.5) is 5.82 Å². The second kappa shape index (κ2) is 10.1. The first-order valence-electron chi connectivity index (χ1n) is 9.77. The molecule has 0 radical (unpaired) electrons. The molecule has 4 rings (SSSR count). The number of rotatable bonds is 6. The number of fused-ring (bicyclic) bond motifs is 2. The van der Waals surface area contributed by atoms with Crippen LogP contribution in [0.3, 0.4) is 0 Å². The monoisotopic (exact) mass is 431 g/mol. The lowest BCUT2D eigenvalue weighted by Crippen LogP contribution is -2.02. The Labute approximate surface area is 178 Å². The van der Waals surface area contributed by atoms with Gasteiger partial charge in [-0.1, -0.05) is 25.6 Å². The smallest absolute Gasteiger partial charge is 0.305 e.